The topological polar surface area (TPSA) is 98.5 Å². The van der Waals surface area contributed by atoms with Crippen molar-refractivity contribution in [1.82, 2.24) is 5.32 Å². The first kappa shape index (κ1) is 21.4. The van der Waals surface area contributed by atoms with E-state index in [0.29, 0.717) is 24.2 Å². The second-order valence-corrected chi connectivity index (χ2v) is 7.08. The molecule has 2 aromatic rings. The lowest BCUT2D eigenvalue weighted by atomic mass is 9.98. The fraction of sp³-hybridized carbons (Fsp3) is 0.300. The number of nitro benzene ring substituents is 1. The predicted octanol–water partition coefficient (Wildman–Crippen LogP) is 3.21. The van der Waals surface area contributed by atoms with E-state index in [1.165, 1.54) is 19.2 Å². The fourth-order valence-corrected chi connectivity index (χ4v) is 3.19. The predicted molar refractivity (Wildman–Crippen MR) is 109 cm³/mol. The highest BCUT2D eigenvalue weighted by Crippen LogP contribution is 2.21. The molecule has 1 amide bonds. The van der Waals surface area contributed by atoms with Gasteiger partial charge in [-0.3, -0.25) is 14.9 Å². The van der Waals surface area contributed by atoms with Gasteiger partial charge in [-0.05, 0) is 36.0 Å². The molecule has 2 aromatic carbocycles. The molecule has 0 fully saturated rings. The summed E-state index contributed by atoms with van der Waals surface area (Å²) in [4.78, 5) is 35.5. The molecule has 0 aliphatic heterocycles. The van der Waals surface area contributed by atoms with Gasteiger partial charge in [-0.25, -0.2) is 4.79 Å². The molecule has 0 aliphatic carbocycles. The van der Waals surface area contributed by atoms with E-state index in [1.54, 1.807) is 17.8 Å². The highest BCUT2D eigenvalue weighted by molar-refractivity contribution is 7.98. The summed E-state index contributed by atoms with van der Waals surface area (Å²) < 4.78 is 4.76. The standard InChI is InChI=1S/C20H22N2O5S/c1-27-20(24)18(10-11-28-2)21-19(23)17-13-16(22(25)26)9-8-15(17)12-14-6-4-3-5-7-14/h3-9,13,18H,10-12H2,1-2H3,(H,21,23). The zero-order chi connectivity index (χ0) is 20.5. The first-order valence-corrected chi connectivity index (χ1v) is 10.0. The van der Waals surface area contributed by atoms with Crippen LogP contribution in [0.2, 0.25) is 0 Å². The third kappa shape index (κ3) is 5.82. The Morgan fingerprint density at radius 1 is 1.21 bits per heavy atom. The molecule has 8 heteroatoms. The molecule has 7 nitrogen and oxygen atoms in total. The lowest BCUT2D eigenvalue weighted by molar-refractivity contribution is -0.384. The molecular formula is C20H22N2O5S. The van der Waals surface area contributed by atoms with E-state index in [4.69, 9.17) is 4.74 Å². The zero-order valence-electron chi connectivity index (χ0n) is 15.7. The smallest absolute Gasteiger partial charge is 0.328 e. The molecule has 1 atom stereocenters. The van der Waals surface area contributed by atoms with Gasteiger partial charge >= 0.3 is 5.97 Å². The number of non-ortho nitro benzene ring substituents is 1. The molecule has 0 saturated heterocycles. The molecule has 0 spiro atoms. The molecule has 0 saturated carbocycles. The lowest BCUT2D eigenvalue weighted by Gasteiger charge is -2.17. The van der Waals surface area contributed by atoms with E-state index in [0.717, 1.165) is 5.56 Å². The van der Waals surface area contributed by atoms with Crippen LogP contribution in [0.25, 0.3) is 0 Å². The van der Waals surface area contributed by atoms with E-state index in [1.807, 2.05) is 36.6 Å². The van der Waals surface area contributed by atoms with Crippen molar-refractivity contribution in [2.24, 2.45) is 0 Å². The molecule has 0 aliphatic rings. The largest absolute Gasteiger partial charge is 0.467 e. The summed E-state index contributed by atoms with van der Waals surface area (Å²) in [5, 5.41) is 13.8. The molecule has 0 radical (unpaired) electrons. The van der Waals surface area contributed by atoms with Gasteiger partial charge in [0.1, 0.15) is 6.04 Å². The maximum absolute atomic E-state index is 12.9. The van der Waals surface area contributed by atoms with Gasteiger partial charge in [-0.1, -0.05) is 36.4 Å². The normalized spacial score (nSPS) is 11.5. The Hall–Kier alpha value is -2.87. The van der Waals surface area contributed by atoms with Gasteiger partial charge in [0.05, 0.1) is 12.0 Å². The first-order valence-electron chi connectivity index (χ1n) is 8.65. The minimum atomic E-state index is -0.811. The van der Waals surface area contributed by atoms with Crippen LogP contribution in [0.1, 0.15) is 27.9 Å². The van der Waals surface area contributed by atoms with Gasteiger partial charge in [0.15, 0.2) is 0 Å². The fourth-order valence-electron chi connectivity index (χ4n) is 2.72. The molecule has 0 aromatic heterocycles. The number of thioether (sulfide) groups is 1. The number of rotatable bonds is 9. The summed E-state index contributed by atoms with van der Waals surface area (Å²) in [5.41, 5.74) is 1.61. The van der Waals surface area contributed by atoms with Crippen LogP contribution in [0, 0.1) is 10.1 Å². The summed E-state index contributed by atoms with van der Waals surface area (Å²) in [6.07, 6.45) is 2.74. The van der Waals surface area contributed by atoms with Crippen molar-refractivity contribution in [1.29, 1.82) is 0 Å². The van der Waals surface area contributed by atoms with Crippen LogP contribution in [0.3, 0.4) is 0 Å². The van der Waals surface area contributed by atoms with Crippen LogP contribution in [0.5, 0.6) is 0 Å². The Balaban J connectivity index is 2.33. The summed E-state index contributed by atoms with van der Waals surface area (Å²) >= 11 is 1.54. The maximum atomic E-state index is 12.9. The summed E-state index contributed by atoms with van der Waals surface area (Å²) in [7, 11) is 1.26. The molecule has 28 heavy (non-hydrogen) atoms. The molecular weight excluding hydrogens is 380 g/mol. The van der Waals surface area contributed by atoms with E-state index in [2.05, 4.69) is 5.32 Å². The van der Waals surface area contributed by atoms with Crippen molar-refractivity contribution in [2.45, 2.75) is 18.9 Å². The average Bonchev–Trinajstić information content (AvgIpc) is 2.71. The SMILES string of the molecule is COC(=O)C(CCSC)NC(=O)c1cc([N+](=O)[O-])ccc1Cc1ccccc1. The maximum Gasteiger partial charge on any atom is 0.328 e. The molecule has 148 valence electrons. The number of nitro groups is 1. The van der Waals surface area contributed by atoms with Gasteiger partial charge in [-0.15, -0.1) is 0 Å². The van der Waals surface area contributed by atoms with E-state index < -0.39 is 22.8 Å². The number of ether oxygens (including phenoxy) is 1. The van der Waals surface area contributed by atoms with Crippen LogP contribution in [-0.4, -0.2) is 42.0 Å². The van der Waals surface area contributed by atoms with Crippen LogP contribution < -0.4 is 5.32 Å². The summed E-state index contributed by atoms with van der Waals surface area (Å²) in [6, 6.07) is 12.9. The number of esters is 1. The molecule has 0 bridgehead atoms. The highest BCUT2D eigenvalue weighted by Gasteiger charge is 2.24. The number of amides is 1. The van der Waals surface area contributed by atoms with Gasteiger partial charge in [0, 0.05) is 17.7 Å². The third-order valence-electron chi connectivity index (χ3n) is 4.19. The lowest BCUT2D eigenvalue weighted by Crippen LogP contribution is -2.42. The van der Waals surface area contributed by atoms with Crippen LogP contribution in [0.4, 0.5) is 5.69 Å². The van der Waals surface area contributed by atoms with Crippen LogP contribution in [0.15, 0.2) is 48.5 Å². The van der Waals surface area contributed by atoms with Gasteiger partial charge in [0.2, 0.25) is 0 Å². The number of hydrogen-bond acceptors (Lipinski definition) is 6. The third-order valence-corrected chi connectivity index (χ3v) is 4.83. The first-order chi connectivity index (χ1) is 13.5. The van der Waals surface area contributed by atoms with Crippen LogP contribution >= 0.6 is 11.8 Å². The van der Waals surface area contributed by atoms with Crippen LogP contribution in [-0.2, 0) is 16.0 Å². The van der Waals surface area contributed by atoms with Crippen molar-refractivity contribution in [2.75, 3.05) is 19.1 Å². The van der Waals surface area contributed by atoms with Crippen molar-refractivity contribution in [3.63, 3.8) is 0 Å². The Bertz CT molecular complexity index is 842. The van der Waals surface area contributed by atoms with Crippen molar-refractivity contribution in [3.05, 3.63) is 75.3 Å². The number of carbonyl (C=O) groups is 2. The number of nitrogens with one attached hydrogen (secondary N) is 1. The number of benzene rings is 2. The van der Waals surface area contributed by atoms with Crippen molar-refractivity contribution >= 4 is 29.3 Å². The number of nitrogens with zero attached hydrogens (tertiary/aromatic N) is 1. The van der Waals surface area contributed by atoms with Crippen molar-refractivity contribution < 1.29 is 19.2 Å². The average molecular weight is 402 g/mol. The van der Waals surface area contributed by atoms with Gasteiger partial charge in [-0.2, -0.15) is 11.8 Å². The second-order valence-electron chi connectivity index (χ2n) is 6.09. The summed E-state index contributed by atoms with van der Waals surface area (Å²) in [6.45, 7) is 0. The number of carbonyl (C=O) groups excluding carboxylic acids is 2. The minimum absolute atomic E-state index is 0.177. The van der Waals surface area contributed by atoms with Gasteiger partial charge in [0.25, 0.3) is 11.6 Å². The Morgan fingerprint density at radius 3 is 2.54 bits per heavy atom. The molecule has 2 rings (SSSR count). The number of methoxy groups -OCH3 is 1. The summed E-state index contributed by atoms with van der Waals surface area (Å²) in [5.74, 6) is -0.421. The monoisotopic (exact) mass is 402 g/mol. The van der Waals surface area contributed by atoms with Crippen molar-refractivity contribution in [3.8, 4) is 0 Å². The van der Waals surface area contributed by atoms with E-state index in [-0.39, 0.29) is 11.3 Å². The number of hydrogen-bond donors (Lipinski definition) is 1. The Morgan fingerprint density at radius 2 is 1.93 bits per heavy atom. The van der Waals surface area contributed by atoms with Gasteiger partial charge < -0.3 is 10.1 Å². The molecule has 0 heterocycles. The highest BCUT2D eigenvalue weighted by atomic mass is 32.2. The molecule has 1 N–H and O–H groups in total. The zero-order valence-corrected chi connectivity index (χ0v) is 16.5. The second kappa shape index (κ2) is 10.5. The van der Waals surface area contributed by atoms with E-state index >= 15 is 0 Å². The Labute approximate surface area is 167 Å². The quantitative estimate of drug-likeness (QED) is 0.393. The van der Waals surface area contributed by atoms with E-state index in [9.17, 15) is 19.7 Å². The molecule has 1 unspecified atom stereocenters. The minimum Gasteiger partial charge on any atom is -0.467 e. The Kier molecular flexibility index (Phi) is 8.01.